The number of allylic oxidation sites excluding steroid dienone is 4. The van der Waals surface area contributed by atoms with Gasteiger partial charge >= 0.3 is 23.7 Å². The normalized spacial score (nSPS) is 30.4. The van der Waals surface area contributed by atoms with E-state index in [2.05, 4.69) is 5.32 Å². The molecule has 0 fully saturated rings. The van der Waals surface area contributed by atoms with Crippen molar-refractivity contribution >= 4 is 52.9 Å². The van der Waals surface area contributed by atoms with Crippen LogP contribution in [0, 0.1) is 30.6 Å². The van der Waals surface area contributed by atoms with Gasteiger partial charge in [0, 0.05) is 61.5 Å². The number of ether oxygens (including phenoxy) is 5. The van der Waals surface area contributed by atoms with Gasteiger partial charge < -0.3 is 49.4 Å². The molecule has 9 atom stereocenters. The fourth-order valence-electron chi connectivity index (χ4n) is 7.38. The summed E-state index contributed by atoms with van der Waals surface area (Å²) >= 11 is 0.717. The number of aliphatic carboxylic acids is 1. The summed E-state index contributed by atoms with van der Waals surface area (Å²) in [5, 5.41) is 45.6. The molecule has 0 radical (unpaired) electrons. The molecule has 18 heteroatoms. The molecule has 1 aromatic rings. The van der Waals surface area contributed by atoms with E-state index >= 15 is 0 Å². The number of aromatic hydroxyl groups is 1. The molecule has 0 spiro atoms. The number of carboxylic acids is 1. The number of ketones is 3. The molecule has 17 nitrogen and oxygen atoms in total. The Balaban J connectivity index is 1.86. The Morgan fingerprint density at radius 2 is 1.59 bits per heavy atom. The number of rotatable bonds is 9. The number of fused-ring (bicyclic) bond motifs is 14. The van der Waals surface area contributed by atoms with E-state index in [1.807, 2.05) is 0 Å². The van der Waals surface area contributed by atoms with E-state index in [1.54, 1.807) is 33.8 Å². The number of amides is 1. The number of phenolic OH excluding ortho intramolecular Hbond substituents is 1. The summed E-state index contributed by atoms with van der Waals surface area (Å²) in [5.74, 6) is -12.2. The Hall–Kier alpha value is -5.30. The molecular weight excluding hydrogens is 819 g/mol. The van der Waals surface area contributed by atoms with Crippen LogP contribution < -0.4 is 10.1 Å². The van der Waals surface area contributed by atoms with E-state index in [9.17, 15) is 48.9 Å². The highest BCUT2D eigenvalue weighted by molar-refractivity contribution is 8.04. The lowest BCUT2D eigenvalue weighted by atomic mass is 9.78. The molecule has 5 rings (SSSR count). The Bertz CT molecular complexity index is 2090. The minimum absolute atomic E-state index is 0.0502. The second-order valence-electron chi connectivity index (χ2n) is 15.5. The topological polar surface area (TPSA) is 259 Å². The largest absolute Gasteiger partial charge is 0.507 e. The van der Waals surface area contributed by atoms with Gasteiger partial charge in [0.1, 0.15) is 29.9 Å². The first-order chi connectivity index (χ1) is 28.6. The number of Topliss-reactive ketones (excluding diaryl/α,β-unsaturated/α-hetero) is 3. The minimum Gasteiger partial charge on any atom is -0.507 e. The molecule has 3 heterocycles. The Kier molecular flexibility index (Phi) is 15.9. The fourth-order valence-corrected chi connectivity index (χ4v) is 8.27. The zero-order valence-electron chi connectivity index (χ0n) is 35.4. The van der Waals surface area contributed by atoms with Crippen molar-refractivity contribution in [2.75, 3.05) is 19.5 Å². The molecule has 5 bridgehead atoms. The van der Waals surface area contributed by atoms with Crippen LogP contribution in [-0.4, -0.2) is 111 Å². The van der Waals surface area contributed by atoms with Crippen LogP contribution in [0.2, 0.25) is 0 Å². The number of hydrogen-bond acceptors (Lipinski definition) is 16. The quantitative estimate of drug-likeness (QED) is 0.173. The van der Waals surface area contributed by atoms with Crippen LogP contribution in [0.4, 0.5) is 0 Å². The summed E-state index contributed by atoms with van der Waals surface area (Å²) in [5.41, 5.74) is -1.98. The van der Waals surface area contributed by atoms with E-state index in [0.717, 1.165) is 18.0 Å². The van der Waals surface area contributed by atoms with E-state index in [0.29, 0.717) is 0 Å². The number of carbonyl (C=O) groups is 7. The van der Waals surface area contributed by atoms with Crippen LogP contribution in [0.1, 0.15) is 97.9 Å². The van der Waals surface area contributed by atoms with Gasteiger partial charge in [-0.1, -0.05) is 45.9 Å². The zero-order chi connectivity index (χ0) is 45.7. The first-order valence-corrected chi connectivity index (χ1v) is 20.6. The highest BCUT2D eigenvalue weighted by Crippen LogP contribution is 2.49. The maximum atomic E-state index is 14.5. The number of esters is 2. The number of carbonyl (C=O) groups excluding carboxylic acids is 6. The van der Waals surface area contributed by atoms with Crippen LogP contribution in [0.5, 0.6) is 11.5 Å². The lowest BCUT2D eigenvalue weighted by molar-refractivity contribution is -0.160. The standard InChI is InChI=1S/C43H53NO16S/c1-19-11-10-12-20(2)42(55)44-32-36(52)30-29(37(53)40(32)61-18-17-57-28(48)14-13-27(46)47)31-39(24(6)35(30)51)60-43(8,41(31)54)58-16-15-26(56-9)21(3)38(59-25(7)45)23(5)34(50)22(4)33(19)49/h10-12,15-16,19,21-23,26,33-34,38,49-51H,13-14,17-18H2,1-9H3,(H,44,55)(H,46,47)/b11-10+,16-15+,20-12-. The molecule has 1 amide bonds. The number of aliphatic hydroxyl groups excluding tert-OH is 2. The zero-order valence-corrected chi connectivity index (χ0v) is 36.2. The summed E-state index contributed by atoms with van der Waals surface area (Å²) in [6.45, 7) is 11.7. The summed E-state index contributed by atoms with van der Waals surface area (Å²) in [6, 6.07) is 0. The van der Waals surface area contributed by atoms with Gasteiger partial charge in [-0.25, -0.2) is 0 Å². The van der Waals surface area contributed by atoms with Crippen molar-refractivity contribution in [1.82, 2.24) is 5.32 Å². The van der Waals surface area contributed by atoms with Crippen LogP contribution in [0.15, 0.2) is 46.7 Å². The van der Waals surface area contributed by atoms with Crippen LogP contribution in [0.25, 0.3) is 0 Å². The second kappa shape index (κ2) is 20.0. The van der Waals surface area contributed by atoms with E-state index in [4.69, 9.17) is 28.8 Å². The highest BCUT2D eigenvalue weighted by atomic mass is 32.2. The molecule has 332 valence electrons. The maximum absolute atomic E-state index is 14.5. The monoisotopic (exact) mass is 871 g/mol. The molecule has 61 heavy (non-hydrogen) atoms. The van der Waals surface area contributed by atoms with Gasteiger partial charge in [0.25, 0.3) is 11.7 Å². The number of aliphatic hydroxyl groups is 2. The van der Waals surface area contributed by atoms with Gasteiger partial charge in [-0.15, -0.1) is 11.8 Å². The number of benzene rings is 1. The SMILES string of the molecule is COC1/C=C/OC2(C)Oc3c(C)c(O)c4c(c3C2=O)C(=O)C(SCCOC(=O)CCC(=O)O)=C(NC(=O)/C(C)=C\C=C\C(C)C(O)C(C)C(O)C(C)C(OC(C)=O)C1C)C4=O. The lowest BCUT2D eigenvalue weighted by Crippen LogP contribution is -2.46. The Morgan fingerprint density at radius 1 is 0.918 bits per heavy atom. The van der Waals surface area contributed by atoms with E-state index in [-0.39, 0.29) is 39.7 Å². The summed E-state index contributed by atoms with van der Waals surface area (Å²) < 4.78 is 28.4. The molecule has 0 saturated heterocycles. The number of carboxylic acid groups (broad SMARTS) is 1. The predicted octanol–water partition coefficient (Wildman–Crippen LogP) is 4.10. The van der Waals surface area contributed by atoms with Crippen molar-refractivity contribution in [3.05, 3.63) is 69.0 Å². The maximum Gasteiger partial charge on any atom is 0.312 e. The average molecular weight is 872 g/mol. The van der Waals surface area contributed by atoms with Crippen LogP contribution in [0.3, 0.4) is 0 Å². The smallest absolute Gasteiger partial charge is 0.312 e. The van der Waals surface area contributed by atoms with Crippen molar-refractivity contribution in [3.63, 3.8) is 0 Å². The molecule has 3 aliphatic heterocycles. The highest BCUT2D eigenvalue weighted by Gasteiger charge is 2.53. The van der Waals surface area contributed by atoms with Crippen molar-refractivity contribution in [2.24, 2.45) is 23.7 Å². The number of nitrogens with one attached hydrogen (secondary N) is 1. The lowest BCUT2D eigenvalue weighted by Gasteiger charge is -2.38. The second-order valence-corrected chi connectivity index (χ2v) is 16.6. The number of methoxy groups -OCH3 is 1. The minimum atomic E-state index is -2.16. The third-order valence-electron chi connectivity index (χ3n) is 11.0. The fraction of sp³-hybridized carbons (Fsp3) is 0.512. The van der Waals surface area contributed by atoms with Crippen LogP contribution >= 0.6 is 11.8 Å². The predicted molar refractivity (Wildman–Crippen MR) is 218 cm³/mol. The average Bonchev–Trinajstić information content (AvgIpc) is 3.47. The third-order valence-corrected chi connectivity index (χ3v) is 12.1. The molecule has 5 N–H and O–H groups in total. The molecule has 9 unspecified atom stereocenters. The van der Waals surface area contributed by atoms with E-state index in [1.165, 1.54) is 53.0 Å². The Morgan fingerprint density at radius 3 is 2.21 bits per heavy atom. The molecular formula is C43H53NO16S. The number of phenols is 1. The van der Waals surface area contributed by atoms with E-state index < -0.39 is 130 Å². The van der Waals surface area contributed by atoms with Gasteiger partial charge in [0.2, 0.25) is 11.6 Å². The van der Waals surface area contributed by atoms with Gasteiger partial charge in [-0.05, 0) is 19.9 Å². The third kappa shape index (κ3) is 10.4. The van der Waals surface area contributed by atoms with Gasteiger partial charge in [0.05, 0.1) is 59.0 Å². The molecule has 0 aromatic heterocycles. The summed E-state index contributed by atoms with van der Waals surface area (Å²) in [4.78, 5) is 91.8. The molecule has 1 aromatic carbocycles. The number of thioether (sulfide) groups is 1. The first-order valence-electron chi connectivity index (χ1n) is 19.6. The molecule has 0 saturated carbocycles. The van der Waals surface area contributed by atoms with Crippen LogP contribution in [-0.2, 0) is 38.1 Å². The van der Waals surface area contributed by atoms with Gasteiger partial charge in [-0.3, -0.25) is 33.6 Å². The summed E-state index contributed by atoms with van der Waals surface area (Å²) in [6.07, 6.45) is 2.08. The number of hydrogen-bond donors (Lipinski definition) is 5. The van der Waals surface area contributed by atoms with Gasteiger partial charge in [-0.2, -0.15) is 0 Å². The van der Waals surface area contributed by atoms with Crippen molar-refractivity contribution < 1.29 is 77.7 Å². The first kappa shape index (κ1) is 48.4. The van der Waals surface area contributed by atoms with Crippen molar-refractivity contribution in [3.8, 4) is 11.5 Å². The molecule has 1 aliphatic carbocycles. The van der Waals surface area contributed by atoms with Crippen molar-refractivity contribution in [1.29, 1.82) is 0 Å². The summed E-state index contributed by atoms with van der Waals surface area (Å²) in [7, 11) is 1.39. The molecule has 4 aliphatic rings. The van der Waals surface area contributed by atoms with Gasteiger partial charge in [0.15, 0.2) is 0 Å². The Labute approximate surface area is 357 Å². The van der Waals surface area contributed by atoms with Crippen molar-refractivity contribution in [2.45, 2.75) is 98.4 Å².